The number of nitrogens with one attached hydrogen (secondary N) is 1. The molecule has 0 atom stereocenters. The Kier molecular flexibility index (Phi) is 7.96. The van der Waals surface area contributed by atoms with Crippen LogP contribution in [0, 0.1) is 12.8 Å². The van der Waals surface area contributed by atoms with E-state index in [4.69, 9.17) is 16.2 Å². The first-order chi connectivity index (χ1) is 17.0. The first kappa shape index (κ1) is 24.2. The lowest BCUT2D eigenvalue weighted by Crippen LogP contribution is -2.14. The minimum absolute atomic E-state index is 0.0344. The molecule has 1 fully saturated rings. The number of carbonyl (C=O) groups excluding carboxylic acids is 1. The average molecular weight is 475 g/mol. The summed E-state index contributed by atoms with van der Waals surface area (Å²) in [5.74, 6) is 1.13. The number of anilines is 2. The summed E-state index contributed by atoms with van der Waals surface area (Å²) in [6.45, 7) is 4.69. The van der Waals surface area contributed by atoms with Crippen molar-refractivity contribution in [1.82, 2.24) is 24.7 Å². The van der Waals surface area contributed by atoms with Gasteiger partial charge in [0.2, 0.25) is 5.91 Å². The predicted octanol–water partition coefficient (Wildman–Crippen LogP) is 2.79. The number of aryl methyl sites for hydroxylation is 1. The number of amides is 1. The maximum atomic E-state index is 11.9. The standard InChI is InChI=1S/C18H17N5O.C7H13N3O/c1-10-4-5-20-8-13(10)15-6-12-7-16(23-18(24)11-2-3-11)21-9-14(12)17(19)22-15;8-2-6-11-7-5-10-4-1-3-9-10/h4-9,11H,2-3H2,1H3,(H2,19,22)(H,21,23,24);1,3-4H,2,5-8H2. The zero-order valence-electron chi connectivity index (χ0n) is 19.7. The van der Waals surface area contributed by atoms with E-state index in [2.05, 4.69) is 25.4 Å². The molecule has 182 valence electrons. The molecule has 35 heavy (non-hydrogen) atoms. The quantitative estimate of drug-likeness (QED) is 0.330. The second-order valence-corrected chi connectivity index (χ2v) is 8.31. The van der Waals surface area contributed by atoms with Crippen LogP contribution < -0.4 is 16.8 Å². The lowest BCUT2D eigenvalue weighted by Gasteiger charge is -2.10. The molecular formula is C25H30N8O2. The zero-order valence-corrected chi connectivity index (χ0v) is 19.7. The zero-order chi connectivity index (χ0) is 24.6. The molecule has 1 aliphatic carbocycles. The van der Waals surface area contributed by atoms with Crippen molar-refractivity contribution in [2.24, 2.45) is 11.7 Å². The van der Waals surface area contributed by atoms with E-state index in [1.807, 2.05) is 42.1 Å². The fourth-order valence-electron chi connectivity index (χ4n) is 3.46. The van der Waals surface area contributed by atoms with Gasteiger partial charge in [0.1, 0.15) is 11.6 Å². The molecule has 0 spiro atoms. The van der Waals surface area contributed by atoms with Crippen LogP contribution in [0.1, 0.15) is 18.4 Å². The summed E-state index contributed by atoms with van der Waals surface area (Å²) >= 11 is 0. The Morgan fingerprint density at radius 3 is 2.80 bits per heavy atom. The SMILES string of the molecule is Cc1ccncc1-c1cc2cc(NC(=O)C3CC3)ncc2c(N)n1.NCCOCCn1cccn1. The van der Waals surface area contributed by atoms with E-state index in [0.29, 0.717) is 31.4 Å². The number of aromatic nitrogens is 5. The van der Waals surface area contributed by atoms with Crippen LogP contribution in [0.3, 0.4) is 0 Å². The Balaban J connectivity index is 0.000000221. The number of nitrogens with zero attached hydrogens (tertiary/aromatic N) is 5. The molecule has 5 N–H and O–H groups in total. The number of hydrogen-bond donors (Lipinski definition) is 3. The number of rotatable bonds is 8. The molecule has 1 amide bonds. The smallest absolute Gasteiger partial charge is 0.228 e. The Morgan fingerprint density at radius 1 is 1.23 bits per heavy atom. The highest BCUT2D eigenvalue weighted by atomic mass is 16.5. The topological polar surface area (TPSA) is 147 Å². The van der Waals surface area contributed by atoms with Gasteiger partial charge in [0.15, 0.2) is 0 Å². The summed E-state index contributed by atoms with van der Waals surface area (Å²) in [5, 5.41) is 8.54. The Hall–Kier alpha value is -3.89. The van der Waals surface area contributed by atoms with Gasteiger partial charge < -0.3 is 21.5 Å². The first-order valence-corrected chi connectivity index (χ1v) is 11.6. The van der Waals surface area contributed by atoms with Gasteiger partial charge in [-0.05, 0) is 55.0 Å². The number of nitrogens with two attached hydrogens (primary N) is 2. The number of hydrogen-bond acceptors (Lipinski definition) is 8. The number of ether oxygens (including phenoxy) is 1. The van der Waals surface area contributed by atoms with Gasteiger partial charge >= 0.3 is 0 Å². The summed E-state index contributed by atoms with van der Waals surface area (Å²) in [6, 6.07) is 7.61. The molecule has 1 aliphatic rings. The van der Waals surface area contributed by atoms with Crippen molar-refractivity contribution in [3.63, 3.8) is 0 Å². The summed E-state index contributed by atoms with van der Waals surface area (Å²) in [5.41, 5.74) is 14.1. The molecule has 1 saturated carbocycles. The van der Waals surface area contributed by atoms with Crippen LogP contribution in [0.2, 0.25) is 0 Å². The van der Waals surface area contributed by atoms with Gasteiger partial charge in [-0.3, -0.25) is 14.5 Å². The average Bonchev–Trinajstić information content (AvgIpc) is 3.59. The van der Waals surface area contributed by atoms with Crippen LogP contribution in [0.25, 0.3) is 22.0 Å². The second kappa shape index (κ2) is 11.5. The Labute approximate surface area is 203 Å². The fraction of sp³-hybridized carbons (Fsp3) is 0.320. The molecule has 0 aromatic carbocycles. The molecule has 4 aromatic rings. The van der Waals surface area contributed by atoms with Gasteiger partial charge in [-0.2, -0.15) is 5.10 Å². The van der Waals surface area contributed by atoms with Gasteiger partial charge in [0.25, 0.3) is 0 Å². The molecule has 4 heterocycles. The molecule has 0 bridgehead atoms. The molecule has 0 aliphatic heterocycles. The van der Waals surface area contributed by atoms with Gasteiger partial charge in [-0.25, -0.2) is 9.97 Å². The molecular weight excluding hydrogens is 444 g/mol. The maximum absolute atomic E-state index is 11.9. The van der Waals surface area contributed by atoms with Crippen LogP contribution in [-0.4, -0.2) is 50.4 Å². The maximum Gasteiger partial charge on any atom is 0.228 e. The van der Waals surface area contributed by atoms with Gasteiger partial charge in [-0.15, -0.1) is 0 Å². The van der Waals surface area contributed by atoms with Crippen molar-refractivity contribution >= 4 is 28.3 Å². The molecule has 5 rings (SSSR count). The normalized spacial score (nSPS) is 12.7. The summed E-state index contributed by atoms with van der Waals surface area (Å²) < 4.78 is 7.00. The van der Waals surface area contributed by atoms with E-state index in [0.717, 1.165) is 47.0 Å². The van der Waals surface area contributed by atoms with Crippen LogP contribution in [-0.2, 0) is 16.1 Å². The van der Waals surface area contributed by atoms with Gasteiger partial charge in [-0.1, -0.05) is 0 Å². The molecule has 10 nitrogen and oxygen atoms in total. The lowest BCUT2D eigenvalue weighted by atomic mass is 10.1. The number of pyridine rings is 3. The number of nitrogen functional groups attached to an aromatic ring is 1. The Bertz CT molecular complexity index is 1270. The number of fused-ring (bicyclic) bond motifs is 1. The van der Waals surface area contributed by atoms with E-state index in [9.17, 15) is 4.79 Å². The molecule has 10 heteroatoms. The minimum Gasteiger partial charge on any atom is -0.383 e. The van der Waals surface area contributed by atoms with E-state index in [-0.39, 0.29) is 11.8 Å². The molecule has 0 unspecified atom stereocenters. The van der Waals surface area contributed by atoms with Crippen LogP contribution in [0.15, 0.2) is 55.2 Å². The third-order valence-electron chi connectivity index (χ3n) is 5.55. The van der Waals surface area contributed by atoms with Crippen molar-refractivity contribution in [2.45, 2.75) is 26.3 Å². The summed E-state index contributed by atoms with van der Waals surface area (Å²) in [4.78, 5) is 24.8. The van der Waals surface area contributed by atoms with Gasteiger partial charge in [0.05, 0.1) is 25.5 Å². The van der Waals surface area contributed by atoms with E-state index < -0.39 is 0 Å². The van der Waals surface area contributed by atoms with Crippen LogP contribution in [0.5, 0.6) is 0 Å². The fourth-order valence-corrected chi connectivity index (χ4v) is 3.46. The van der Waals surface area contributed by atoms with Crippen molar-refractivity contribution in [2.75, 3.05) is 30.8 Å². The third-order valence-corrected chi connectivity index (χ3v) is 5.55. The Morgan fingerprint density at radius 2 is 2.09 bits per heavy atom. The minimum atomic E-state index is 0.0344. The second-order valence-electron chi connectivity index (χ2n) is 8.31. The van der Waals surface area contributed by atoms with Crippen LogP contribution in [0.4, 0.5) is 11.6 Å². The summed E-state index contributed by atoms with van der Waals surface area (Å²) in [6.07, 6.45) is 10.8. The first-order valence-electron chi connectivity index (χ1n) is 11.6. The molecule has 4 aromatic heterocycles. The number of carbonyl (C=O) groups is 1. The van der Waals surface area contributed by atoms with E-state index in [1.54, 1.807) is 24.8 Å². The van der Waals surface area contributed by atoms with Crippen molar-refractivity contribution in [3.8, 4) is 11.3 Å². The summed E-state index contributed by atoms with van der Waals surface area (Å²) in [7, 11) is 0. The van der Waals surface area contributed by atoms with Crippen LogP contribution >= 0.6 is 0 Å². The highest BCUT2D eigenvalue weighted by molar-refractivity contribution is 5.98. The van der Waals surface area contributed by atoms with Crippen molar-refractivity contribution in [1.29, 1.82) is 0 Å². The highest BCUT2D eigenvalue weighted by Crippen LogP contribution is 2.31. The van der Waals surface area contributed by atoms with Crippen molar-refractivity contribution in [3.05, 3.63) is 60.8 Å². The molecule has 0 radical (unpaired) electrons. The third kappa shape index (κ3) is 6.58. The van der Waals surface area contributed by atoms with E-state index in [1.165, 1.54) is 0 Å². The van der Waals surface area contributed by atoms with Gasteiger partial charge in [0, 0.05) is 54.4 Å². The molecule has 0 saturated heterocycles. The largest absolute Gasteiger partial charge is 0.383 e. The monoisotopic (exact) mass is 474 g/mol. The predicted molar refractivity (Wildman–Crippen MR) is 135 cm³/mol. The van der Waals surface area contributed by atoms with E-state index >= 15 is 0 Å². The highest BCUT2D eigenvalue weighted by Gasteiger charge is 2.29. The lowest BCUT2D eigenvalue weighted by molar-refractivity contribution is -0.117. The van der Waals surface area contributed by atoms with Crippen molar-refractivity contribution < 1.29 is 9.53 Å².